The molecular weight excluding hydrogens is 255 g/mol. The van der Waals surface area contributed by atoms with Crippen LogP contribution in [-0.4, -0.2) is 12.3 Å². The lowest BCUT2D eigenvalue weighted by molar-refractivity contribution is -0.137. The maximum atomic E-state index is 12.4. The van der Waals surface area contributed by atoms with Crippen LogP contribution in [0.5, 0.6) is 0 Å². The van der Waals surface area contributed by atoms with Gasteiger partial charge < -0.3 is 10.1 Å². The van der Waals surface area contributed by atoms with Crippen LogP contribution < -0.4 is 5.32 Å². The highest BCUT2D eigenvalue weighted by Crippen LogP contribution is 2.30. The highest BCUT2D eigenvalue weighted by molar-refractivity contribution is 5.54. The van der Waals surface area contributed by atoms with Crippen molar-refractivity contribution >= 4 is 12.0 Å². The van der Waals surface area contributed by atoms with E-state index < -0.39 is 11.7 Å². The van der Waals surface area contributed by atoms with Gasteiger partial charge in [0.05, 0.1) is 5.56 Å². The Labute approximate surface area is 110 Å². The molecule has 0 unspecified atom stereocenters. The quantitative estimate of drug-likeness (QED) is 0.845. The van der Waals surface area contributed by atoms with Crippen molar-refractivity contribution in [2.24, 2.45) is 5.92 Å². The molecule has 1 saturated carbocycles. The summed E-state index contributed by atoms with van der Waals surface area (Å²) in [6.07, 6.45) is 0.160. The third-order valence-corrected chi connectivity index (χ3v) is 3.55. The molecule has 0 bridgehead atoms. The summed E-state index contributed by atoms with van der Waals surface area (Å²) in [5.41, 5.74) is 0.0604. The van der Waals surface area contributed by atoms with Gasteiger partial charge in [0.25, 0.3) is 0 Å². The molecule has 0 aromatic heterocycles. The Kier molecular flexibility index (Phi) is 4.12. The van der Waals surface area contributed by atoms with E-state index in [4.69, 9.17) is 0 Å². The zero-order valence-corrected chi connectivity index (χ0v) is 10.4. The number of carbonyl (C=O) groups excluding carboxylic acids is 1. The zero-order valence-electron chi connectivity index (χ0n) is 10.4. The molecule has 0 aliphatic heterocycles. The van der Waals surface area contributed by atoms with Crippen molar-refractivity contribution in [1.82, 2.24) is 0 Å². The smallest absolute Gasteiger partial charge is 0.382 e. The molecule has 104 valence electrons. The van der Waals surface area contributed by atoms with Crippen LogP contribution >= 0.6 is 0 Å². The van der Waals surface area contributed by atoms with Gasteiger partial charge in [0.15, 0.2) is 0 Å². The van der Waals surface area contributed by atoms with Crippen LogP contribution in [0.2, 0.25) is 0 Å². The van der Waals surface area contributed by atoms with Gasteiger partial charge in [-0.1, -0.05) is 0 Å². The standard InChI is InChI=1S/C14H16F3NO/c15-14(16,17)11-3-7-13(8-4-11)18-12-5-1-10(9-19)2-6-12/h3-4,7-10,12,18H,1-2,5-6H2. The van der Waals surface area contributed by atoms with Gasteiger partial charge >= 0.3 is 6.18 Å². The first kappa shape index (κ1) is 13.9. The molecule has 2 rings (SSSR count). The number of anilines is 1. The maximum absolute atomic E-state index is 12.4. The van der Waals surface area contributed by atoms with Gasteiger partial charge in [0.2, 0.25) is 0 Å². The second kappa shape index (κ2) is 5.63. The fourth-order valence-electron chi connectivity index (χ4n) is 2.39. The predicted molar refractivity (Wildman–Crippen MR) is 66.9 cm³/mol. The fourth-order valence-corrected chi connectivity index (χ4v) is 2.39. The third-order valence-electron chi connectivity index (χ3n) is 3.55. The minimum absolute atomic E-state index is 0.144. The lowest BCUT2D eigenvalue weighted by Crippen LogP contribution is -2.26. The van der Waals surface area contributed by atoms with Crippen LogP contribution in [0.25, 0.3) is 0 Å². The highest BCUT2D eigenvalue weighted by atomic mass is 19.4. The number of aldehydes is 1. The molecule has 0 amide bonds. The van der Waals surface area contributed by atoms with E-state index in [1.165, 1.54) is 12.1 Å². The van der Waals surface area contributed by atoms with Crippen LogP contribution in [0.1, 0.15) is 31.2 Å². The van der Waals surface area contributed by atoms with Crippen LogP contribution in [0.4, 0.5) is 18.9 Å². The minimum Gasteiger partial charge on any atom is -0.382 e. The monoisotopic (exact) mass is 271 g/mol. The largest absolute Gasteiger partial charge is 0.416 e. The second-order valence-corrected chi connectivity index (χ2v) is 4.97. The summed E-state index contributed by atoms with van der Waals surface area (Å²) in [6, 6.07) is 5.31. The summed E-state index contributed by atoms with van der Waals surface area (Å²) in [4.78, 5) is 10.6. The van der Waals surface area contributed by atoms with Crippen LogP contribution in [0.15, 0.2) is 24.3 Å². The lowest BCUT2D eigenvalue weighted by atomic mass is 9.87. The molecule has 19 heavy (non-hydrogen) atoms. The van der Waals surface area contributed by atoms with Crippen molar-refractivity contribution in [3.8, 4) is 0 Å². The Bertz CT molecular complexity index is 419. The normalized spacial score (nSPS) is 23.9. The van der Waals surface area contributed by atoms with Gasteiger partial charge in [-0.25, -0.2) is 0 Å². The number of hydrogen-bond acceptors (Lipinski definition) is 2. The van der Waals surface area contributed by atoms with Crippen molar-refractivity contribution in [3.05, 3.63) is 29.8 Å². The van der Waals surface area contributed by atoms with Crippen LogP contribution in [-0.2, 0) is 11.0 Å². The van der Waals surface area contributed by atoms with E-state index in [9.17, 15) is 18.0 Å². The van der Waals surface area contributed by atoms with E-state index in [1.807, 2.05) is 0 Å². The summed E-state index contributed by atoms with van der Waals surface area (Å²) in [5.74, 6) is 0.144. The summed E-state index contributed by atoms with van der Waals surface area (Å²) in [5, 5.41) is 3.22. The van der Waals surface area contributed by atoms with E-state index in [0.717, 1.165) is 44.1 Å². The van der Waals surface area contributed by atoms with E-state index >= 15 is 0 Å². The Hall–Kier alpha value is -1.52. The average molecular weight is 271 g/mol. The Morgan fingerprint density at radius 3 is 2.11 bits per heavy atom. The molecule has 0 atom stereocenters. The number of carbonyl (C=O) groups is 1. The van der Waals surface area contributed by atoms with Crippen molar-refractivity contribution in [1.29, 1.82) is 0 Å². The Morgan fingerprint density at radius 1 is 1.05 bits per heavy atom. The molecule has 0 heterocycles. The number of hydrogen-bond donors (Lipinski definition) is 1. The van der Waals surface area contributed by atoms with Crippen molar-refractivity contribution < 1.29 is 18.0 Å². The number of nitrogens with one attached hydrogen (secondary N) is 1. The van der Waals surface area contributed by atoms with E-state index in [0.29, 0.717) is 5.69 Å². The summed E-state index contributed by atoms with van der Waals surface area (Å²) >= 11 is 0. The molecule has 1 fully saturated rings. The van der Waals surface area contributed by atoms with E-state index in [-0.39, 0.29) is 12.0 Å². The molecule has 2 nitrogen and oxygen atoms in total. The topological polar surface area (TPSA) is 29.1 Å². The summed E-state index contributed by atoms with van der Waals surface area (Å²) in [6.45, 7) is 0. The predicted octanol–water partition coefficient (Wildman–Crippen LogP) is 3.88. The second-order valence-electron chi connectivity index (χ2n) is 4.97. The maximum Gasteiger partial charge on any atom is 0.416 e. The highest BCUT2D eigenvalue weighted by Gasteiger charge is 2.30. The van der Waals surface area contributed by atoms with E-state index in [1.54, 1.807) is 0 Å². The molecule has 0 saturated heterocycles. The first-order valence-corrected chi connectivity index (χ1v) is 6.38. The van der Waals surface area contributed by atoms with Gasteiger partial charge in [-0.2, -0.15) is 13.2 Å². The Balaban J connectivity index is 1.92. The van der Waals surface area contributed by atoms with Crippen molar-refractivity contribution in [3.63, 3.8) is 0 Å². The molecule has 1 aromatic carbocycles. The number of alkyl halides is 3. The molecule has 5 heteroatoms. The lowest BCUT2D eigenvalue weighted by Gasteiger charge is -2.27. The summed E-state index contributed by atoms with van der Waals surface area (Å²) in [7, 11) is 0. The molecule has 1 aromatic rings. The summed E-state index contributed by atoms with van der Waals surface area (Å²) < 4.78 is 37.2. The molecule has 0 spiro atoms. The van der Waals surface area contributed by atoms with Gasteiger partial charge in [0, 0.05) is 17.6 Å². The van der Waals surface area contributed by atoms with Crippen LogP contribution in [0, 0.1) is 5.92 Å². The Morgan fingerprint density at radius 2 is 1.63 bits per heavy atom. The number of rotatable bonds is 3. The third kappa shape index (κ3) is 3.72. The number of halogens is 3. The van der Waals surface area contributed by atoms with Gasteiger partial charge in [-0.05, 0) is 49.9 Å². The van der Waals surface area contributed by atoms with Gasteiger partial charge in [0.1, 0.15) is 6.29 Å². The molecular formula is C14H16F3NO. The van der Waals surface area contributed by atoms with Crippen molar-refractivity contribution in [2.45, 2.75) is 37.9 Å². The first-order chi connectivity index (χ1) is 8.99. The fraction of sp³-hybridized carbons (Fsp3) is 0.500. The zero-order chi connectivity index (χ0) is 13.9. The molecule has 1 aliphatic carbocycles. The van der Waals surface area contributed by atoms with Crippen molar-refractivity contribution in [2.75, 3.05) is 5.32 Å². The molecule has 0 radical (unpaired) electrons. The average Bonchev–Trinajstić information content (AvgIpc) is 2.39. The van der Waals surface area contributed by atoms with E-state index in [2.05, 4.69) is 5.32 Å². The van der Waals surface area contributed by atoms with Gasteiger partial charge in [-0.3, -0.25) is 0 Å². The minimum atomic E-state index is -4.29. The molecule has 1 N–H and O–H groups in total. The SMILES string of the molecule is O=CC1CCC(Nc2ccc(C(F)(F)F)cc2)CC1. The molecule has 1 aliphatic rings. The van der Waals surface area contributed by atoms with Crippen LogP contribution in [0.3, 0.4) is 0 Å². The van der Waals surface area contributed by atoms with Gasteiger partial charge in [-0.15, -0.1) is 0 Å². The number of benzene rings is 1. The first-order valence-electron chi connectivity index (χ1n) is 6.38.